The van der Waals surface area contributed by atoms with Crippen molar-refractivity contribution in [3.8, 4) is 0 Å². The molecule has 0 aliphatic carbocycles. The van der Waals surface area contributed by atoms with Crippen molar-refractivity contribution in [1.29, 1.82) is 0 Å². The van der Waals surface area contributed by atoms with Crippen LogP contribution in [0.5, 0.6) is 0 Å². The lowest BCUT2D eigenvalue weighted by Crippen LogP contribution is -2.27. The van der Waals surface area contributed by atoms with Gasteiger partial charge < -0.3 is 4.90 Å². The Morgan fingerprint density at radius 2 is 0.389 bits per heavy atom. The van der Waals surface area contributed by atoms with E-state index in [4.69, 9.17) is 0 Å². The van der Waals surface area contributed by atoms with Gasteiger partial charge in [-0.3, -0.25) is 0 Å². The van der Waals surface area contributed by atoms with Crippen molar-refractivity contribution in [3.05, 3.63) is 0 Å². The van der Waals surface area contributed by atoms with Crippen LogP contribution in [0, 0.1) is 0 Å². The Morgan fingerprint density at radius 1 is 0.222 bits per heavy atom. The van der Waals surface area contributed by atoms with Gasteiger partial charge in [-0.1, -0.05) is 188 Å². The Labute approximate surface area is 231 Å². The summed E-state index contributed by atoms with van der Waals surface area (Å²) in [5, 5.41) is 0. The molecule has 0 aliphatic heterocycles. The predicted octanol–water partition coefficient (Wildman–Crippen LogP) is 12.7. The Hall–Kier alpha value is -0.0400. The molecule has 0 fully saturated rings. The predicted molar refractivity (Wildman–Crippen MR) is 167 cm³/mol. The highest BCUT2D eigenvalue weighted by Crippen LogP contribution is 2.14. The molecule has 0 bridgehead atoms. The first-order chi connectivity index (χ1) is 17.8. The van der Waals surface area contributed by atoms with Gasteiger partial charge in [-0.05, 0) is 38.9 Å². The summed E-state index contributed by atoms with van der Waals surface area (Å²) in [5.41, 5.74) is 0. The van der Waals surface area contributed by atoms with Crippen LogP contribution < -0.4 is 0 Å². The SMILES string of the molecule is CCCCCCCCCCCCCN(CCCCCCCCCCC)CCCCCCCCCCC. The monoisotopic (exact) mass is 508 g/mol. The molecule has 0 spiro atoms. The van der Waals surface area contributed by atoms with E-state index in [9.17, 15) is 0 Å². The molecule has 0 saturated carbocycles. The Morgan fingerprint density at radius 3 is 0.583 bits per heavy atom. The molecule has 0 amide bonds. The summed E-state index contributed by atoms with van der Waals surface area (Å²) in [6, 6.07) is 0. The maximum atomic E-state index is 2.84. The van der Waals surface area contributed by atoms with Gasteiger partial charge in [-0.15, -0.1) is 0 Å². The zero-order valence-corrected chi connectivity index (χ0v) is 26.1. The molecule has 0 radical (unpaired) electrons. The standard InChI is InChI=1S/C35H73N/c1-4-7-10-13-16-19-20-23-26-29-32-35-36(33-30-27-24-21-17-14-11-8-5-2)34-31-28-25-22-18-15-12-9-6-3/h4-35H2,1-3H3. The molecule has 0 atom stereocenters. The van der Waals surface area contributed by atoms with Crippen molar-refractivity contribution < 1.29 is 0 Å². The van der Waals surface area contributed by atoms with Crippen LogP contribution in [0.2, 0.25) is 0 Å². The van der Waals surface area contributed by atoms with Crippen molar-refractivity contribution in [2.75, 3.05) is 19.6 Å². The number of rotatable bonds is 32. The molecule has 0 aromatic heterocycles. The molecule has 0 N–H and O–H groups in total. The molecular formula is C35H73N. The minimum atomic E-state index is 1.37. The van der Waals surface area contributed by atoms with Crippen LogP contribution in [-0.4, -0.2) is 24.5 Å². The van der Waals surface area contributed by atoms with Crippen LogP contribution in [0.15, 0.2) is 0 Å². The van der Waals surface area contributed by atoms with E-state index in [1.807, 2.05) is 0 Å². The number of nitrogens with zero attached hydrogens (tertiary/aromatic N) is 1. The fourth-order valence-electron chi connectivity index (χ4n) is 5.63. The summed E-state index contributed by atoms with van der Waals surface area (Å²) in [7, 11) is 0. The third-order valence-corrected chi connectivity index (χ3v) is 8.23. The van der Waals surface area contributed by atoms with E-state index in [1.54, 1.807) is 0 Å². The normalized spacial score (nSPS) is 11.7. The van der Waals surface area contributed by atoms with E-state index in [0.717, 1.165) is 0 Å². The number of hydrogen-bond acceptors (Lipinski definition) is 1. The molecular weight excluding hydrogens is 434 g/mol. The third-order valence-electron chi connectivity index (χ3n) is 8.23. The zero-order chi connectivity index (χ0) is 26.2. The smallest absolute Gasteiger partial charge is 0.00187 e. The van der Waals surface area contributed by atoms with Gasteiger partial charge >= 0.3 is 0 Å². The van der Waals surface area contributed by atoms with Gasteiger partial charge in [-0.25, -0.2) is 0 Å². The maximum absolute atomic E-state index is 2.84. The van der Waals surface area contributed by atoms with Crippen LogP contribution in [-0.2, 0) is 0 Å². The van der Waals surface area contributed by atoms with Crippen LogP contribution in [0.25, 0.3) is 0 Å². The lowest BCUT2D eigenvalue weighted by Gasteiger charge is -2.22. The Balaban J connectivity index is 3.85. The van der Waals surface area contributed by atoms with Crippen molar-refractivity contribution in [2.45, 2.75) is 207 Å². The first-order valence-electron chi connectivity index (χ1n) is 17.6. The highest BCUT2D eigenvalue weighted by Gasteiger charge is 2.05. The minimum Gasteiger partial charge on any atom is -0.303 e. The lowest BCUT2D eigenvalue weighted by atomic mass is 10.1. The summed E-state index contributed by atoms with van der Waals surface area (Å²) in [6.45, 7) is 11.0. The van der Waals surface area contributed by atoms with Gasteiger partial charge in [0.15, 0.2) is 0 Å². The van der Waals surface area contributed by atoms with E-state index in [-0.39, 0.29) is 0 Å². The van der Waals surface area contributed by atoms with Crippen LogP contribution in [0.4, 0.5) is 0 Å². The molecule has 0 rings (SSSR count). The van der Waals surface area contributed by atoms with E-state index < -0.39 is 0 Å². The second kappa shape index (κ2) is 33.0. The first-order valence-corrected chi connectivity index (χ1v) is 17.6. The maximum Gasteiger partial charge on any atom is -0.00187 e. The topological polar surface area (TPSA) is 3.24 Å². The minimum absolute atomic E-state index is 1.37. The lowest BCUT2D eigenvalue weighted by molar-refractivity contribution is 0.254. The van der Waals surface area contributed by atoms with E-state index in [1.165, 1.54) is 206 Å². The molecule has 36 heavy (non-hydrogen) atoms. The summed E-state index contributed by atoms with van der Waals surface area (Å²) in [5.74, 6) is 0. The highest BCUT2D eigenvalue weighted by atomic mass is 15.1. The quantitative estimate of drug-likeness (QED) is 0.0818. The van der Waals surface area contributed by atoms with Crippen molar-refractivity contribution >= 4 is 0 Å². The highest BCUT2D eigenvalue weighted by molar-refractivity contribution is 4.61. The van der Waals surface area contributed by atoms with Crippen LogP contribution >= 0.6 is 0 Å². The second-order valence-electron chi connectivity index (χ2n) is 12.0. The molecule has 218 valence electrons. The molecule has 0 aliphatic rings. The second-order valence-corrected chi connectivity index (χ2v) is 12.0. The van der Waals surface area contributed by atoms with Crippen molar-refractivity contribution in [1.82, 2.24) is 4.90 Å². The van der Waals surface area contributed by atoms with Crippen LogP contribution in [0.1, 0.15) is 207 Å². The fraction of sp³-hybridized carbons (Fsp3) is 1.00. The van der Waals surface area contributed by atoms with Crippen LogP contribution in [0.3, 0.4) is 0 Å². The van der Waals surface area contributed by atoms with Gasteiger partial charge in [0.2, 0.25) is 0 Å². The Bertz CT molecular complexity index is 344. The van der Waals surface area contributed by atoms with Gasteiger partial charge in [0.25, 0.3) is 0 Å². The number of hydrogen-bond donors (Lipinski definition) is 0. The van der Waals surface area contributed by atoms with Gasteiger partial charge in [0, 0.05) is 0 Å². The summed E-state index contributed by atoms with van der Waals surface area (Å²) in [4.78, 5) is 2.84. The Kier molecular flexibility index (Phi) is 33.0. The van der Waals surface area contributed by atoms with Crippen molar-refractivity contribution in [2.24, 2.45) is 0 Å². The average Bonchev–Trinajstić information content (AvgIpc) is 2.89. The van der Waals surface area contributed by atoms with E-state index in [2.05, 4.69) is 25.7 Å². The first kappa shape index (κ1) is 36.0. The summed E-state index contributed by atoms with van der Waals surface area (Å²) >= 11 is 0. The van der Waals surface area contributed by atoms with E-state index in [0.29, 0.717) is 0 Å². The molecule has 0 saturated heterocycles. The third kappa shape index (κ3) is 30.2. The number of unbranched alkanes of at least 4 members (excludes halogenated alkanes) is 26. The fourth-order valence-corrected chi connectivity index (χ4v) is 5.63. The van der Waals surface area contributed by atoms with Gasteiger partial charge in [-0.2, -0.15) is 0 Å². The molecule has 1 heteroatoms. The molecule has 0 heterocycles. The van der Waals surface area contributed by atoms with Gasteiger partial charge in [0.1, 0.15) is 0 Å². The average molecular weight is 508 g/mol. The molecule has 0 unspecified atom stereocenters. The summed E-state index contributed by atoms with van der Waals surface area (Å²) < 4.78 is 0. The van der Waals surface area contributed by atoms with E-state index >= 15 is 0 Å². The molecule has 0 aromatic carbocycles. The van der Waals surface area contributed by atoms with Crippen molar-refractivity contribution in [3.63, 3.8) is 0 Å². The van der Waals surface area contributed by atoms with Gasteiger partial charge in [0.05, 0.1) is 0 Å². The molecule has 1 nitrogen and oxygen atoms in total. The molecule has 0 aromatic rings. The largest absolute Gasteiger partial charge is 0.303 e. The zero-order valence-electron chi connectivity index (χ0n) is 26.1. The summed E-state index contributed by atoms with van der Waals surface area (Å²) in [6.07, 6.45) is 42.1.